The van der Waals surface area contributed by atoms with Gasteiger partial charge >= 0.3 is 0 Å². The molecular formula is C14H25ClN2. The van der Waals surface area contributed by atoms with E-state index in [9.17, 15) is 0 Å². The molecule has 3 heteroatoms. The maximum atomic E-state index is 3.17. The molecule has 0 aliphatic rings. The van der Waals surface area contributed by atoms with E-state index in [4.69, 9.17) is 0 Å². The van der Waals surface area contributed by atoms with Crippen molar-refractivity contribution >= 4 is 12.4 Å². The molecule has 0 aliphatic carbocycles. The summed E-state index contributed by atoms with van der Waals surface area (Å²) in [5.74, 6) is 0.621. The van der Waals surface area contributed by atoms with E-state index in [-0.39, 0.29) is 12.4 Å². The monoisotopic (exact) mass is 256 g/mol. The van der Waals surface area contributed by atoms with E-state index in [1.807, 2.05) is 7.05 Å². The van der Waals surface area contributed by atoms with E-state index < -0.39 is 0 Å². The Morgan fingerprint density at radius 3 is 2.24 bits per heavy atom. The van der Waals surface area contributed by atoms with Crippen LogP contribution in [0.4, 0.5) is 0 Å². The zero-order chi connectivity index (χ0) is 12.0. The standard InChI is InChI=1S/C14H24N2.ClH/c1-12(2)14-7-5-13(6-8-14)11-16(4)10-9-15-3;/h5-8,12,15H,9-11H2,1-4H3;1H. The Hall–Kier alpha value is -0.570. The van der Waals surface area contributed by atoms with Crippen molar-refractivity contribution in [2.45, 2.75) is 26.3 Å². The summed E-state index contributed by atoms with van der Waals surface area (Å²) >= 11 is 0. The van der Waals surface area contributed by atoms with Gasteiger partial charge in [0.2, 0.25) is 0 Å². The second kappa shape index (κ2) is 8.51. The molecule has 0 atom stereocenters. The molecule has 98 valence electrons. The van der Waals surface area contributed by atoms with Crippen molar-refractivity contribution in [3.05, 3.63) is 35.4 Å². The summed E-state index contributed by atoms with van der Waals surface area (Å²) in [4.78, 5) is 2.33. The van der Waals surface area contributed by atoms with Crippen molar-refractivity contribution in [2.75, 3.05) is 27.2 Å². The summed E-state index contributed by atoms with van der Waals surface area (Å²) in [7, 11) is 4.15. The molecule has 0 heterocycles. The molecule has 0 fully saturated rings. The Balaban J connectivity index is 0.00000256. The minimum absolute atomic E-state index is 0. The van der Waals surface area contributed by atoms with Crippen molar-refractivity contribution in [3.8, 4) is 0 Å². The van der Waals surface area contributed by atoms with Gasteiger partial charge in [-0.2, -0.15) is 0 Å². The van der Waals surface area contributed by atoms with Gasteiger partial charge in [-0.3, -0.25) is 0 Å². The molecule has 0 amide bonds. The minimum atomic E-state index is 0. The van der Waals surface area contributed by atoms with E-state index in [2.05, 4.69) is 55.4 Å². The Kier molecular flexibility index (Phi) is 8.23. The smallest absolute Gasteiger partial charge is 0.0231 e. The lowest BCUT2D eigenvalue weighted by Crippen LogP contribution is -2.26. The number of likely N-dealkylation sites (N-methyl/N-ethyl adjacent to an activating group) is 2. The van der Waals surface area contributed by atoms with E-state index in [1.165, 1.54) is 11.1 Å². The van der Waals surface area contributed by atoms with Crippen LogP contribution in [-0.2, 0) is 6.54 Å². The number of rotatable bonds is 6. The molecule has 17 heavy (non-hydrogen) atoms. The summed E-state index contributed by atoms with van der Waals surface area (Å²) in [5, 5.41) is 3.17. The quantitative estimate of drug-likeness (QED) is 0.842. The normalized spacial score (nSPS) is 10.7. The zero-order valence-corrected chi connectivity index (χ0v) is 12.2. The second-order valence-corrected chi connectivity index (χ2v) is 4.74. The van der Waals surface area contributed by atoms with Crippen LogP contribution in [0.1, 0.15) is 30.9 Å². The van der Waals surface area contributed by atoms with Crippen molar-refractivity contribution in [3.63, 3.8) is 0 Å². The lowest BCUT2D eigenvalue weighted by Gasteiger charge is -2.16. The molecule has 0 radical (unpaired) electrons. The SMILES string of the molecule is CNCCN(C)Cc1ccc(C(C)C)cc1.Cl. The van der Waals surface area contributed by atoms with E-state index in [0.717, 1.165) is 19.6 Å². The van der Waals surface area contributed by atoms with Crippen LogP contribution < -0.4 is 5.32 Å². The fourth-order valence-corrected chi connectivity index (χ4v) is 1.70. The number of nitrogens with zero attached hydrogens (tertiary/aromatic N) is 1. The number of benzene rings is 1. The summed E-state index contributed by atoms with van der Waals surface area (Å²) in [6.45, 7) is 7.62. The summed E-state index contributed by atoms with van der Waals surface area (Å²) in [6.07, 6.45) is 0. The van der Waals surface area contributed by atoms with Crippen LogP contribution in [0, 0.1) is 0 Å². The van der Waals surface area contributed by atoms with Gasteiger partial charge in [-0.15, -0.1) is 12.4 Å². The van der Waals surface area contributed by atoms with Gasteiger partial charge < -0.3 is 10.2 Å². The maximum absolute atomic E-state index is 3.17. The van der Waals surface area contributed by atoms with Gasteiger partial charge in [-0.1, -0.05) is 38.1 Å². The first kappa shape index (κ1) is 16.4. The molecule has 0 bridgehead atoms. The number of hydrogen-bond donors (Lipinski definition) is 1. The van der Waals surface area contributed by atoms with Crippen LogP contribution in [0.25, 0.3) is 0 Å². The van der Waals surface area contributed by atoms with Crippen LogP contribution in [0.2, 0.25) is 0 Å². The van der Waals surface area contributed by atoms with Crippen molar-refractivity contribution < 1.29 is 0 Å². The largest absolute Gasteiger partial charge is 0.318 e. The number of nitrogens with one attached hydrogen (secondary N) is 1. The maximum Gasteiger partial charge on any atom is 0.0231 e. The first-order valence-corrected chi connectivity index (χ1v) is 6.05. The molecule has 0 aliphatic heterocycles. The van der Waals surface area contributed by atoms with Crippen molar-refractivity contribution in [2.24, 2.45) is 0 Å². The Bertz CT molecular complexity index is 296. The highest BCUT2D eigenvalue weighted by Gasteiger charge is 2.01. The van der Waals surface area contributed by atoms with Crippen LogP contribution in [-0.4, -0.2) is 32.1 Å². The number of halogens is 1. The lowest BCUT2D eigenvalue weighted by molar-refractivity contribution is 0.328. The fraction of sp³-hybridized carbons (Fsp3) is 0.571. The van der Waals surface area contributed by atoms with Crippen molar-refractivity contribution in [1.29, 1.82) is 0 Å². The molecule has 0 aromatic heterocycles. The third-order valence-corrected chi connectivity index (χ3v) is 2.84. The van der Waals surface area contributed by atoms with Gasteiger partial charge in [0.05, 0.1) is 0 Å². The van der Waals surface area contributed by atoms with Gasteiger partial charge in [-0.25, -0.2) is 0 Å². The molecule has 0 saturated carbocycles. The lowest BCUT2D eigenvalue weighted by atomic mass is 10.0. The molecule has 1 aromatic carbocycles. The summed E-state index contributed by atoms with van der Waals surface area (Å²) in [5.41, 5.74) is 2.81. The first-order valence-electron chi connectivity index (χ1n) is 6.05. The molecule has 1 rings (SSSR count). The third-order valence-electron chi connectivity index (χ3n) is 2.84. The van der Waals surface area contributed by atoms with Crippen LogP contribution in [0.3, 0.4) is 0 Å². The minimum Gasteiger partial charge on any atom is -0.318 e. The predicted octanol–water partition coefficient (Wildman–Crippen LogP) is 2.88. The van der Waals surface area contributed by atoms with Gasteiger partial charge in [0.25, 0.3) is 0 Å². The van der Waals surface area contributed by atoms with Crippen LogP contribution in [0.5, 0.6) is 0 Å². The highest BCUT2D eigenvalue weighted by Crippen LogP contribution is 2.15. The van der Waals surface area contributed by atoms with Crippen molar-refractivity contribution in [1.82, 2.24) is 10.2 Å². The van der Waals surface area contributed by atoms with E-state index >= 15 is 0 Å². The van der Waals surface area contributed by atoms with Gasteiger partial charge in [-0.05, 0) is 31.1 Å². The average Bonchev–Trinajstić information content (AvgIpc) is 2.27. The molecule has 0 spiro atoms. The number of hydrogen-bond acceptors (Lipinski definition) is 2. The molecular weight excluding hydrogens is 232 g/mol. The Morgan fingerprint density at radius 2 is 1.76 bits per heavy atom. The fourth-order valence-electron chi connectivity index (χ4n) is 1.70. The van der Waals surface area contributed by atoms with Crippen LogP contribution >= 0.6 is 12.4 Å². The second-order valence-electron chi connectivity index (χ2n) is 4.74. The third kappa shape index (κ3) is 6.06. The first-order chi connectivity index (χ1) is 7.63. The Labute approximate surface area is 112 Å². The predicted molar refractivity (Wildman–Crippen MR) is 78.0 cm³/mol. The van der Waals surface area contributed by atoms with Gasteiger partial charge in [0.1, 0.15) is 0 Å². The molecule has 1 N–H and O–H groups in total. The topological polar surface area (TPSA) is 15.3 Å². The Morgan fingerprint density at radius 1 is 1.18 bits per heavy atom. The molecule has 1 aromatic rings. The zero-order valence-electron chi connectivity index (χ0n) is 11.4. The molecule has 2 nitrogen and oxygen atoms in total. The van der Waals surface area contributed by atoms with E-state index in [1.54, 1.807) is 0 Å². The average molecular weight is 257 g/mol. The van der Waals surface area contributed by atoms with Gasteiger partial charge in [0.15, 0.2) is 0 Å². The highest BCUT2D eigenvalue weighted by molar-refractivity contribution is 5.85. The molecule has 0 unspecified atom stereocenters. The van der Waals surface area contributed by atoms with Crippen LogP contribution in [0.15, 0.2) is 24.3 Å². The summed E-state index contributed by atoms with van der Waals surface area (Å²) in [6, 6.07) is 8.97. The summed E-state index contributed by atoms with van der Waals surface area (Å²) < 4.78 is 0. The highest BCUT2D eigenvalue weighted by atomic mass is 35.5. The molecule has 0 saturated heterocycles. The van der Waals surface area contributed by atoms with E-state index in [0.29, 0.717) is 5.92 Å². The van der Waals surface area contributed by atoms with Gasteiger partial charge in [0, 0.05) is 19.6 Å².